The molecule has 6 nitrogen and oxygen atoms in total. The number of amides is 1. The Morgan fingerprint density at radius 1 is 1.35 bits per heavy atom. The number of carbonyl (C=O) groups excluding carboxylic acids is 1. The number of carbonyl (C=O) groups is 1. The minimum absolute atomic E-state index is 0.0911. The van der Waals surface area contributed by atoms with E-state index >= 15 is 0 Å². The Hall–Kier alpha value is -2.18. The second kappa shape index (κ2) is 8.96. The molecule has 1 heterocycles. The van der Waals surface area contributed by atoms with Crippen molar-refractivity contribution in [3.8, 4) is 0 Å². The fraction of sp³-hybridized carbons (Fsp3) is 0.500. The molecule has 0 saturated carbocycles. The van der Waals surface area contributed by atoms with Gasteiger partial charge >= 0.3 is 0 Å². The Balaban J connectivity index is 1.84. The zero-order valence-corrected chi connectivity index (χ0v) is 15.4. The molecule has 1 aliphatic carbocycles. The van der Waals surface area contributed by atoms with E-state index < -0.39 is 0 Å². The molecule has 3 N–H and O–H groups in total. The Labute approximate surface area is 154 Å². The molecule has 2 aromatic rings. The van der Waals surface area contributed by atoms with Gasteiger partial charge in [0.25, 0.3) is 5.91 Å². The lowest BCUT2D eigenvalue weighted by Crippen LogP contribution is -2.36. The van der Waals surface area contributed by atoms with Crippen LogP contribution in [0.3, 0.4) is 0 Å². The van der Waals surface area contributed by atoms with Gasteiger partial charge in [0.15, 0.2) is 5.69 Å². The molecular weight excluding hydrogens is 328 g/mol. The Kier molecular flexibility index (Phi) is 6.41. The second-order valence-electron chi connectivity index (χ2n) is 6.75. The monoisotopic (exact) mass is 356 g/mol. The van der Waals surface area contributed by atoms with Gasteiger partial charge in [0.05, 0.1) is 6.54 Å². The van der Waals surface area contributed by atoms with Crippen LogP contribution in [0.2, 0.25) is 0 Å². The third kappa shape index (κ3) is 4.31. The number of aromatic nitrogens is 2. The van der Waals surface area contributed by atoms with E-state index in [0.29, 0.717) is 24.8 Å². The normalized spacial score (nSPS) is 16.3. The van der Waals surface area contributed by atoms with Crippen LogP contribution < -0.4 is 10.6 Å². The number of nitrogens with zero attached hydrogens (tertiary/aromatic N) is 2. The average Bonchev–Trinajstić information content (AvgIpc) is 3.01. The highest BCUT2D eigenvalue weighted by atomic mass is 16.3. The Bertz CT molecular complexity index is 727. The molecule has 1 aromatic carbocycles. The van der Waals surface area contributed by atoms with E-state index in [0.717, 1.165) is 37.8 Å². The largest absolute Gasteiger partial charge is 0.396 e. The summed E-state index contributed by atoms with van der Waals surface area (Å²) in [4.78, 5) is 12.5. The van der Waals surface area contributed by atoms with Crippen molar-refractivity contribution < 1.29 is 9.90 Å². The molecule has 0 saturated heterocycles. The van der Waals surface area contributed by atoms with E-state index in [-0.39, 0.29) is 12.5 Å². The van der Waals surface area contributed by atoms with Crippen molar-refractivity contribution in [3.63, 3.8) is 0 Å². The maximum Gasteiger partial charge on any atom is 0.272 e. The van der Waals surface area contributed by atoms with Gasteiger partial charge in [0, 0.05) is 30.5 Å². The lowest BCUT2D eigenvalue weighted by atomic mass is 9.91. The number of hydrogen-bond donors (Lipinski definition) is 3. The predicted molar refractivity (Wildman–Crippen MR) is 101 cm³/mol. The molecule has 26 heavy (non-hydrogen) atoms. The molecular formula is C20H28N4O2. The van der Waals surface area contributed by atoms with Gasteiger partial charge in [0.2, 0.25) is 0 Å². The van der Waals surface area contributed by atoms with Gasteiger partial charge in [-0.25, -0.2) is 0 Å². The van der Waals surface area contributed by atoms with Crippen molar-refractivity contribution in [2.75, 3.05) is 19.7 Å². The average molecular weight is 356 g/mol. The van der Waals surface area contributed by atoms with Crippen molar-refractivity contribution in [1.82, 2.24) is 20.4 Å². The first kappa shape index (κ1) is 18.6. The van der Waals surface area contributed by atoms with Gasteiger partial charge in [-0.2, -0.15) is 5.10 Å². The topological polar surface area (TPSA) is 79.2 Å². The summed E-state index contributed by atoms with van der Waals surface area (Å²) in [6.45, 7) is 4.20. The number of hydrogen-bond acceptors (Lipinski definition) is 4. The van der Waals surface area contributed by atoms with E-state index in [1.807, 2.05) is 29.8 Å². The first-order valence-electron chi connectivity index (χ1n) is 9.47. The molecule has 1 aliphatic rings. The number of nitrogens with one attached hydrogen (secondary N) is 2. The molecule has 1 amide bonds. The summed E-state index contributed by atoms with van der Waals surface area (Å²) in [7, 11) is 0. The fourth-order valence-electron chi connectivity index (χ4n) is 3.56. The first-order valence-corrected chi connectivity index (χ1v) is 9.47. The third-order valence-electron chi connectivity index (χ3n) is 4.84. The number of benzene rings is 1. The highest BCUT2D eigenvalue weighted by Gasteiger charge is 2.28. The summed E-state index contributed by atoms with van der Waals surface area (Å²) < 4.78 is 2.00. The van der Waals surface area contributed by atoms with E-state index in [1.165, 1.54) is 11.3 Å². The number of aliphatic hydroxyl groups is 1. The summed E-state index contributed by atoms with van der Waals surface area (Å²) in [5.41, 5.74) is 3.99. The van der Waals surface area contributed by atoms with Gasteiger partial charge in [0.1, 0.15) is 0 Å². The van der Waals surface area contributed by atoms with Gasteiger partial charge in [-0.3, -0.25) is 9.48 Å². The van der Waals surface area contributed by atoms with Crippen LogP contribution in [0.4, 0.5) is 0 Å². The summed E-state index contributed by atoms with van der Waals surface area (Å²) in [6.07, 6.45) is 3.49. The van der Waals surface area contributed by atoms with Gasteiger partial charge in [-0.05, 0) is 44.7 Å². The molecule has 1 aromatic heterocycles. The molecule has 0 spiro atoms. The molecule has 1 atom stereocenters. The van der Waals surface area contributed by atoms with Gasteiger partial charge < -0.3 is 15.7 Å². The third-order valence-corrected chi connectivity index (χ3v) is 4.84. The number of fused-ring (bicyclic) bond motifs is 1. The SMILES string of the molecule is CCNC(=O)c1nn(Cc2ccccc2)c2c1CC(NCCCO)CC2. The Morgan fingerprint density at radius 3 is 2.88 bits per heavy atom. The number of rotatable bonds is 8. The number of aliphatic hydroxyl groups excluding tert-OH is 1. The van der Waals surface area contributed by atoms with Crippen LogP contribution in [0.25, 0.3) is 0 Å². The van der Waals surface area contributed by atoms with E-state index in [9.17, 15) is 4.79 Å². The molecule has 0 bridgehead atoms. The molecule has 0 aliphatic heterocycles. The highest BCUT2D eigenvalue weighted by Crippen LogP contribution is 2.26. The second-order valence-corrected chi connectivity index (χ2v) is 6.75. The molecule has 0 fully saturated rings. The maximum absolute atomic E-state index is 12.5. The zero-order chi connectivity index (χ0) is 18.4. The van der Waals surface area contributed by atoms with E-state index in [2.05, 4.69) is 27.9 Å². The van der Waals surface area contributed by atoms with Gasteiger partial charge in [-0.15, -0.1) is 0 Å². The molecule has 0 radical (unpaired) electrons. The van der Waals surface area contributed by atoms with Crippen LogP contribution in [0.15, 0.2) is 30.3 Å². The maximum atomic E-state index is 12.5. The summed E-state index contributed by atoms with van der Waals surface area (Å²) >= 11 is 0. The summed E-state index contributed by atoms with van der Waals surface area (Å²) in [5.74, 6) is -0.0911. The smallest absolute Gasteiger partial charge is 0.272 e. The minimum Gasteiger partial charge on any atom is -0.396 e. The first-order chi connectivity index (χ1) is 12.7. The lowest BCUT2D eigenvalue weighted by molar-refractivity contribution is 0.0949. The standard InChI is InChI=1S/C20H28N4O2/c1-2-21-20(26)19-17-13-16(22-11-6-12-25)9-10-18(17)24(23-19)14-15-7-4-3-5-8-15/h3-5,7-8,16,22,25H,2,6,9-14H2,1H3,(H,21,26). The van der Waals surface area contributed by atoms with E-state index in [4.69, 9.17) is 5.11 Å². The van der Waals surface area contributed by atoms with Crippen LogP contribution in [0, 0.1) is 0 Å². The minimum atomic E-state index is -0.0911. The van der Waals surface area contributed by atoms with Crippen molar-refractivity contribution >= 4 is 5.91 Å². The molecule has 6 heteroatoms. The van der Waals surface area contributed by atoms with Crippen molar-refractivity contribution in [1.29, 1.82) is 0 Å². The van der Waals surface area contributed by atoms with Crippen molar-refractivity contribution in [2.24, 2.45) is 0 Å². The zero-order valence-electron chi connectivity index (χ0n) is 15.4. The quantitative estimate of drug-likeness (QED) is 0.627. The van der Waals surface area contributed by atoms with Gasteiger partial charge in [-0.1, -0.05) is 30.3 Å². The van der Waals surface area contributed by atoms with Crippen LogP contribution in [-0.4, -0.2) is 46.5 Å². The van der Waals surface area contributed by atoms with Crippen molar-refractivity contribution in [3.05, 3.63) is 52.8 Å². The Morgan fingerprint density at radius 2 is 2.15 bits per heavy atom. The van der Waals surface area contributed by atoms with Crippen LogP contribution in [0.1, 0.15) is 47.1 Å². The van der Waals surface area contributed by atoms with E-state index in [1.54, 1.807) is 0 Å². The van der Waals surface area contributed by atoms with Crippen LogP contribution >= 0.6 is 0 Å². The van der Waals surface area contributed by atoms with Crippen LogP contribution in [-0.2, 0) is 19.4 Å². The summed E-state index contributed by atoms with van der Waals surface area (Å²) in [6, 6.07) is 10.6. The molecule has 140 valence electrons. The molecule has 3 rings (SSSR count). The van der Waals surface area contributed by atoms with Crippen LogP contribution in [0.5, 0.6) is 0 Å². The highest BCUT2D eigenvalue weighted by molar-refractivity contribution is 5.94. The summed E-state index contributed by atoms with van der Waals surface area (Å²) in [5, 5.41) is 20.0. The molecule has 1 unspecified atom stereocenters. The lowest BCUT2D eigenvalue weighted by Gasteiger charge is -2.24. The predicted octanol–water partition coefficient (Wildman–Crippen LogP) is 1.51. The fourth-order valence-corrected chi connectivity index (χ4v) is 3.56. The van der Waals surface area contributed by atoms with Crippen molar-refractivity contribution in [2.45, 2.75) is 45.2 Å².